The average molecular weight is 208 g/mol. The third-order valence-electron chi connectivity index (χ3n) is 5.37. The van der Waals surface area contributed by atoms with Gasteiger partial charge < -0.3 is 5.11 Å². The monoisotopic (exact) mass is 208 g/mol. The van der Waals surface area contributed by atoms with E-state index in [0.29, 0.717) is 11.3 Å². The van der Waals surface area contributed by atoms with E-state index in [2.05, 4.69) is 13.8 Å². The molecule has 6 atom stereocenters. The fraction of sp³-hybridized carbons (Fsp3) is 0.923. The summed E-state index contributed by atoms with van der Waals surface area (Å²) in [7, 11) is 0. The van der Waals surface area contributed by atoms with Crippen LogP contribution in [0.1, 0.15) is 39.5 Å². The van der Waals surface area contributed by atoms with Gasteiger partial charge in [-0.3, -0.25) is 4.79 Å². The van der Waals surface area contributed by atoms with Crippen molar-refractivity contribution in [1.29, 1.82) is 0 Å². The molecule has 0 aromatic rings. The maximum Gasteiger partial charge on any atom is 0.306 e. The Balaban J connectivity index is 1.56. The minimum atomic E-state index is -0.568. The number of carbonyl (C=O) groups is 1. The molecule has 2 nitrogen and oxygen atoms in total. The number of carboxylic acid groups (broad SMARTS) is 1. The molecule has 3 rings (SSSR count). The molecular weight excluding hydrogens is 188 g/mol. The van der Waals surface area contributed by atoms with Gasteiger partial charge in [-0.1, -0.05) is 13.8 Å². The average Bonchev–Trinajstić information content (AvgIpc) is 2.99. The van der Waals surface area contributed by atoms with Crippen LogP contribution >= 0.6 is 0 Å². The zero-order valence-electron chi connectivity index (χ0n) is 9.57. The second-order valence-electron chi connectivity index (χ2n) is 6.46. The van der Waals surface area contributed by atoms with E-state index < -0.39 is 5.97 Å². The lowest BCUT2D eigenvalue weighted by molar-refractivity contribution is -0.138. The highest BCUT2D eigenvalue weighted by Crippen LogP contribution is 2.69. The third kappa shape index (κ3) is 1.41. The standard InChI is InChI=1S/C13H20O2/c1-7-9(5-13(2)6-11(7)13)3-8-4-10(8)12(14)15/h7-11H,3-6H2,1-2H3,(H,14,15). The topological polar surface area (TPSA) is 37.3 Å². The Hall–Kier alpha value is -0.530. The van der Waals surface area contributed by atoms with Crippen molar-refractivity contribution in [2.24, 2.45) is 35.0 Å². The van der Waals surface area contributed by atoms with Gasteiger partial charge in [-0.05, 0) is 54.8 Å². The predicted octanol–water partition coefficient (Wildman–Crippen LogP) is 2.78. The summed E-state index contributed by atoms with van der Waals surface area (Å²) in [6.07, 6.45) is 4.92. The molecule has 3 saturated carbocycles. The highest BCUT2D eigenvalue weighted by molar-refractivity contribution is 5.73. The zero-order chi connectivity index (χ0) is 10.8. The summed E-state index contributed by atoms with van der Waals surface area (Å²) in [6, 6.07) is 0. The molecule has 0 amide bonds. The van der Waals surface area contributed by atoms with E-state index in [4.69, 9.17) is 5.11 Å². The van der Waals surface area contributed by atoms with Gasteiger partial charge in [-0.15, -0.1) is 0 Å². The first-order valence-electron chi connectivity index (χ1n) is 6.24. The van der Waals surface area contributed by atoms with Gasteiger partial charge in [0.15, 0.2) is 0 Å². The van der Waals surface area contributed by atoms with Crippen LogP contribution < -0.4 is 0 Å². The molecule has 0 aromatic heterocycles. The second-order valence-corrected chi connectivity index (χ2v) is 6.46. The number of carboxylic acids is 1. The van der Waals surface area contributed by atoms with Crippen LogP contribution in [0.3, 0.4) is 0 Å². The van der Waals surface area contributed by atoms with Crippen LogP contribution in [0, 0.1) is 35.0 Å². The molecule has 84 valence electrons. The van der Waals surface area contributed by atoms with Gasteiger partial charge in [0.05, 0.1) is 5.92 Å². The molecule has 0 heterocycles. The van der Waals surface area contributed by atoms with Crippen molar-refractivity contribution in [1.82, 2.24) is 0 Å². The molecule has 0 aromatic carbocycles. The highest BCUT2D eigenvalue weighted by Gasteiger charge is 2.61. The van der Waals surface area contributed by atoms with Gasteiger partial charge >= 0.3 is 5.97 Å². The van der Waals surface area contributed by atoms with Crippen LogP contribution in [0.15, 0.2) is 0 Å². The fourth-order valence-electron chi connectivity index (χ4n) is 4.11. The van der Waals surface area contributed by atoms with Crippen LogP contribution in [0.5, 0.6) is 0 Å². The van der Waals surface area contributed by atoms with Crippen molar-refractivity contribution in [3.8, 4) is 0 Å². The Kier molecular flexibility index (Phi) is 1.79. The van der Waals surface area contributed by atoms with Crippen molar-refractivity contribution < 1.29 is 9.90 Å². The molecule has 3 aliphatic rings. The maximum atomic E-state index is 10.8. The third-order valence-corrected chi connectivity index (χ3v) is 5.37. The first kappa shape index (κ1) is 9.68. The molecular formula is C13H20O2. The number of hydrogen-bond donors (Lipinski definition) is 1. The minimum Gasteiger partial charge on any atom is -0.481 e. The van der Waals surface area contributed by atoms with E-state index in [1.165, 1.54) is 19.3 Å². The highest BCUT2D eigenvalue weighted by atomic mass is 16.4. The predicted molar refractivity (Wildman–Crippen MR) is 57.3 cm³/mol. The van der Waals surface area contributed by atoms with Crippen molar-refractivity contribution in [3.63, 3.8) is 0 Å². The Morgan fingerprint density at radius 2 is 2.13 bits per heavy atom. The van der Waals surface area contributed by atoms with E-state index in [9.17, 15) is 4.79 Å². The van der Waals surface area contributed by atoms with Crippen molar-refractivity contribution >= 4 is 5.97 Å². The molecule has 0 saturated heterocycles. The fourth-order valence-corrected chi connectivity index (χ4v) is 4.11. The summed E-state index contributed by atoms with van der Waals surface area (Å²) in [4.78, 5) is 10.8. The molecule has 15 heavy (non-hydrogen) atoms. The number of rotatable bonds is 3. The summed E-state index contributed by atoms with van der Waals surface area (Å²) in [5.41, 5.74) is 0.650. The van der Waals surface area contributed by atoms with Crippen molar-refractivity contribution in [3.05, 3.63) is 0 Å². The van der Waals surface area contributed by atoms with Crippen molar-refractivity contribution in [2.75, 3.05) is 0 Å². The summed E-state index contributed by atoms with van der Waals surface area (Å²) >= 11 is 0. The van der Waals surface area contributed by atoms with E-state index in [-0.39, 0.29) is 5.92 Å². The lowest BCUT2D eigenvalue weighted by atomic mass is 9.87. The first-order valence-corrected chi connectivity index (χ1v) is 6.24. The Labute approximate surface area is 91.1 Å². The SMILES string of the molecule is CC1C(CC2CC2C(=O)O)CC2(C)CC12. The van der Waals surface area contributed by atoms with Crippen LogP contribution in [-0.4, -0.2) is 11.1 Å². The molecule has 6 unspecified atom stereocenters. The summed E-state index contributed by atoms with van der Waals surface area (Å²) in [5, 5.41) is 8.87. The van der Waals surface area contributed by atoms with Crippen molar-refractivity contribution in [2.45, 2.75) is 39.5 Å². The number of hydrogen-bond acceptors (Lipinski definition) is 1. The van der Waals surface area contributed by atoms with E-state index in [1.54, 1.807) is 0 Å². The Morgan fingerprint density at radius 1 is 1.40 bits per heavy atom. The largest absolute Gasteiger partial charge is 0.481 e. The maximum absolute atomic E-state index is 10.8. The number of fused-ring (bicyclic) bond motifs is 1. The lowest BCUT2D eigenvalue weighted by Crippen LogP contribution is -2.11. The van der Waals surface area contributed by atoms with E-state index >= 15 is 0 Å². The Bertz CT molecular complexity index is 312. The normalized spacial score (nSPS) is 56.3. The van der Waals surface area contributed by atoms with E-state index in [0.717, 1.165) is 24.2 Å². The van der Waals surface area contributed by atoms with Gasteiger partial charge in [-0.2, -0.15) is 0 Å². The lowest BCUT2D eigenvalue weighted by Gasteiger charge is -2.18. The minimum absolute atomic E-state index is 0.00179. The van der Waals surface area contributed by atoms with Gasteiger partial charge in [0.25, 0.3) is 0 Å². The molecule has 0 radical (unpaired) electrons. The molecule has 1 N–H and O–H groups in total. The van der Waals surface area contributed by atoms with Gasteiger partial charge in [0.1, 0.15) is 0 Å². The first-order chi connectivity index (χ1) is 7.01. The Morgan fingerprint density at radius 3 is 2.60 bits per heavy atom. The molecule has 0 bridgehead atoms. The van der Waals surface area contributed by atoms with E-state index in [1.807, 2.05) is 0 Å². The van der Waals surface area contributed by atoms with Gasteiger partial charge in [-0.25, -0.2) is 0 Å². The number of aliphatic carboxylic acids is 1. The zero-order valence-corrected chi connectivity index (χ0v) is 9.57. The smallest absolute Gasteiger partial charge is 0.306 e. The molecule has 0 aliphatic heterocycles. The summed E-state index contributed by atoms with van der Waals surface area (Å²) < 4.78 is 0. The second kappa shape index (κ2) is 2.78. The molecule has 3 aliphatic carbocycles. The van der Waals surface area contributed by atoms with Crippen LogP contribution in [0.25, 0.3) is 0 Å². The van der Waals surface area contributed by atoms with Crippen LogP contribution in [0.2, 0.25) is 0 Å². The summed E-state index contributed by atoms with van der Waals surface area (Å²) in [5.74, 6) is 2.58. The quantitative estimate of drug-likeness (QED) is 0.774. The van der Waals surface area contributed by atoms with Crippen LogP contribution in [0.4, 0.5) is 0 Å². The van der Waals surface area contributed by atoms with Crippen LogP contribution in [-0.2, 0) is 4.79 Å². The summed E-state index contributed by atoms with van der Waals surface area (Å²) in [6.45, 7) is 4.79. The molecule has 0 spiro atoms. The molecule has 2 heteroatoms. The van der Waals surface area contributed by atoms with Gasteiger partial charge in [0, 0.05) is 0 Å². The molecule has 3 fully saturated rings. The van der Waals surface area contributed by atoms with Gasteiger partial charge in [0.2, 0.25) is 0 Å².